The Kier molecular flexibility index (Phi) is 3.49. The standard InChI is InChI=1S/C12H10BrN3O/c1-8-4-6-14-7-10(8)16-12(17)9-3-2-5-15-11(9)13/h2-7H,1H3,(H,16,17). The minimum absolute atomic E-state index is 0.207. The Morgan fingerprint density at radius 3 is 2.88 bits per heavy atom. The van der Waals surface area contributed by atoms with Crippen LogP contribution in [0, 0.1) is 6.92 Å². The number of anilines is 1. The molecule has 0 radical (unpaired) electrons. The smallest absolute Gasteiger partial charge is 0.258 e. The highest BCUT2D eigenvalue weighted by atomic mass is 79.9. The summed E-state index contributed by atoms with van der Waals surface area (Å²) in [6, 6.07) is 5.27. The van der Waals surface area contributed by atoms with Crippen LogP contribution >= 0.6 is 15.9 Å². The molecule has 1 amide bonds. The highest BCUT2D eigenvalue weighted by molar-refractivity contribution is 9.10. The van der Waals surface area contributed by atoms with Gasteiger partial charge < -0.3 is 5.32 Å². The van der Waals surface area contributed by atoms with Crippen molar-refractivity contribution in [1.29, 1.82) is 0 Å². The SMILES string of the molecule is Cc1ccncc1NC(=O)c1cccnc1Br. The first-order valence-electron chi connectivity index (χ1n) is 5.01. The number of hydrogen-bond donors (Lipinski definition) is 1. The highest BCUT2D eigenvalue weighted by Crippen LogP contribution is 2.16. The van der Waals surface area contributed by atoms with Gasteiger partial charge in [-0.15, -0.1) is 0 Å². The normalized spacial score (nSPS) is 10.0. The van der Waals surface area contributed by atoms with Crippen LogP contribution in [0.5, 0.6) is 0 Å². The summed E-state index contributed by atoms with van der Waals surface area (Å²) in [7, 11) is 0. The van der Waals surface area contributed by atoms with E-state index in [1.54, 1.807) is 30.7 Å². The van der Waals surface area contributed by atoms with E-state index in [9.17, 15) is 4.79 Å². The summed E-state index contributed by atoms with van der Waals surface area (Å²) in [6.07, 6.45) is 4.93. The number of amides is 1. The molecule has 0 aromatic carbocycles. The molecule has 0 saturated heterocycles. The molecule has 0 fully saturated rings. The molecule has 4 nitrogen and oxygen atoms in total. The molecule has 2 aromatic heterocycles. The van der Waals surface area contributed by atoms with Gasteiger partial charge in [-0.2, -0.15) is 0 Å². The molecule has 17 heavy (non-hydrogen) atoms. The number of nitrogens with zero attached hydrogens (tertiary/aromatic N) is 2. The molecule has 5 heteroatoms. The second-order valence-electron chi connectivity index (χ2n) is 3.49. The van der Waals surface area contributed by atoms with Crippen LogP contribution in [0.1, 0.15) is 15.9 Å². The Bertz CT molecular complexity index is 557. The zero-order chi connectivity index (χ0) is 12.3. The van der Waals surface area contributed by atoms with E-state index >= 15 is 0 Å². The average Bonchev–Trinajstić information content (AvgIpc) is 2.32. The fraction of sp³-hybridized carbons (Fsp3) is 0.0833. The second kappa shape index (κ2) is 5.05. The lowest BCUT2D eigenvalue weighted by Gasteiger charge is -2.07. The predicted molar refractivity (Wildman–Crippen MR) is 68.9 cm³/mol. The van der Waals surface area contributed by atoms with Crippen molar-refractivity contribution in [2.45, 2.75) is 6.92 Å². The first-order valence-corrected chi connectivity index (χ1v) is 5.80. The van der Waals surface area contributed by atoms with Crippen LogP contribution in [0.2, 0.25) is 0 Å². The molecule has 0 aliphatic rings. The second-order valence-corrected chi connectivity index (χ2v) is 4.24. The lowest BCUT2D eigenvalue weighted by atomic mass is 10.2. The Morgan fingerprint density at radius 1 is 1.35 bits per heavy atom. The third kappa shape index (κ3) is 2.68. The van der Waals surface area contributed by atoms with E-state index in [-0.39, 0.29) is 5.91 Å². The number of pyridine rings is 2. The van der Waals surface area contributed by atoms with Gasteiger partial charge in [-0.05, 0) is 46.6 Å². The van der Waals surface area contributed by atoms with E-state index < -0.39 is 0 Å². The van der Waals surface area contributed by atoms with Crippen molar-refractivity contribution in [2.75, 3.05) is 5.32 Å². The molecule has 2 rings (SSSR count). The summed E-state index contributed by atoms with van der Waals surface area (Å²) in [6.45, 7) is 1.91. The lowest BCUT2D eigenvalue weighted by Crippen LogP contribution is -2.13. The first kappa shape index (κ1) is 11.7. The largest absolute Gasteiger partial charge is 0.320 e. The van der Waals surface area contributed by atoms with Gasteiger partial charge in [0, 0.05) is 12.4 Å². The monoisotopic (exact) mass is 291 g/mol. The van der Waals surface area contributed by atoms with Gasteiger partial charge in [0.05, 0.1) is 17.4 Å². The van der Waals surface area contributed by atoms with Crippen LogP contribution in [0.4, 0.5) is 5.69 Å². The van der Waals surface area contributed by atoms with Crippen LogP contribution in [-0.2, 0) is 0 Å². The molecular formula is C12H10BrN3O. The van der Waals surface area contributed by atoms with E-state index in [0.29, 0.717) is 15.9 Å². The third-order valence-corrected chi connectivity index (χ3v) is 2.92. The molecule has 1 N–H and O–H groups in total. The maximum absolute atomic E-state index is 12.0. The van der Waals surface area contributed by atoms with Crippen molar-refractivity contribution in [3.05, 3.63) is 52.5 Å². The van der Waals surface area contributed by atoms with E-state index in [0.717, 1.165) is 5.56 Å². The summed E-state index contributed by atoms with van der Waals surface area (Å²) in [4.78, 5) is 20.0. The molecule has 0 atom stereocenters. The van der Waals surface area contributed by atoms with Gasteiger partial charge in [0.2, 0.25) is 0 Å². The van der Waals surface area contributed by atoms with Crippen molar-refractivity contribution in [1.82, 2.24) is 9.97 Å². The van der Waals surface area contributed by atoms with Crippen LogP contribution < -0.4 is 5.32 Å². The van der Waals surface area contributed by atoms with E-state index in [2.05, 4.69) is 31.2 Å². The van der Waals surface area contributed by atoms with E-state index in [1.807, 2.05) is 13.0 Å². The van der Waals surface area contributed by atoms with Gasteiger partial charge in [0.25, 0.3) is 5.91 Å². The van der Waals surface area contributed by atoms with Gasteiger partial charge in [-0.1, -0.05) is 0 Å². The zero-order valence-corrected chi connectivity index (χ0v) is 10.7. The fourth-order valence-electron chi connectivity index (χ4n) is 1.34. The summed E-state index contributed by atoms with van der Waals surface area (Å²) in [5.74, 6) is -0.207. The molecule has 0 bridgehead atoms. The highest BCUT2D eigenvalue weighted by Gasteiger charge is 2.11. The maximum atomic E-state index is 12.0. The fourth-order valence-corrected chi connectivity index (χ4v) is 1.77. The number of nitrogens with one attached hydrogen (secondary N) is 1. The van der Waals surface area contributed by atoms with Crippen molar-refractivity contribution >= 4 is 27.5 Å². The van der Waals surface area contributed by atoms with E-state index in [1.165, 1.54) is 0 Å². The molecule has 0 spiro atoms. The molecule has 0 saturated carbocycles. The molecule has 86 valence electrons. The van der Waals surface area contributed by atoms with Gasteiger partial charge in [-0.3, -0.25) is 9.78 Å². The number of aromatic nitrogens is 2. The predicted octanol–water partition coefficient (Wildman–Crippen LogP) is 2.80. The lowest BCUT2D eigenvalue weighted by molar-refractivity contribution is 0.102. The number of hydrogen-bond acceptors (Lipinski definition) is 3. The van der Waals surface area contributed by atoms with Crippen LogP contribution in [0.15, 0.2) is 41.4 Å². The number of carbonyl (C=O) groups is 1. The molecular weight excluding hydrogens is 282 g/mol. The molecule has 2 heterocycles. The van der Waals surface area contributed by atoms with Crippen LogP contribution in [-0.4, -0.2) is 15.9 Å². The summed E-state index contributed by atoms with van der Waals surface area (Å²) in [5, 5.41) is 2.80. The first-order chi connectivity index (χ1) is 8.18. The third-order valence-electron chi connectivity index (χ3n) is 2.29. The number of halogens is 1. The topological polar surface area (TPSA) is 54.9 Å². The van der Waals surface area contributed by atoms with Gasteiger partial charge >= 0.3 is 0 Å². The van der Waals surface area contributed by atoms with Gasteiger partial charge in [0.15, 0.2) is 0 Å². The summed E-state index contributed by atoms with van der Waals surface area (Å²) in [5.41, 5.74) is 2.16. The molecule has 2 aromatic rings. The van der Waals surface area contributed by atoms with Crippen molar-refractivity contribution < 1.29 is 4.79 Å². The summed E-state index contributed by atoms with van der Waals surface area (Å²) >= 11 is 3.24. The quantitative estimate of drug-likeness (QED) is 0.866. The van der Waals surface area contributed by atoms with E-state index in [4.69, 9.17) is 0 Å². The zero-order valence-electron chi connectivity index (χ0n) is 9.14. The number of aryl methyl sites for hydroxylation is 1. The van der Waals surface area contributed by atoms with Crippen molar-refractivity contribution in [3.63, 3.8) is 0 Å². The van der Waals surface area contributed by atoms with Crippen LogP contribution in [0.3, 0.4) is 0 Å². The Labute approximate surface area is 107 Å². The van der Waals surface area contributed by atoms with Gasteiger partial charge in [0.1, 0.15) is 4.60 Å². The van der Waals surface area contributed by atoms with Crippen molar-refractivity contribution in [2.24, 2.45) is 0 Å². The minimum atomic E-state index is -0.207. The summed E-state index contributed by atoms with van der Waals surface area (Å²) < 4.78 is 0.527. The molecule has 0 aliphatic heterocycles. The molecule has 0 aliphatic carbocycles. The Balaban J connectivity index is 2.24. The average molecular weight is 292 g/mol. The Hall–Kier alpha value is -1.75. The molecule has 0 unspecified atom stereocenters. The Morgan fingerprint density at radius 2 is 2.18 bits per heavy atom. The van der Waals surface area contributed by atoms with Crippen molar-refractivity contribution in [3.8, 4) is 0 Å². The minimum Gasteiger partial charge on any atom is -0.320 e. The van der Waals surface area contributed by atoms with Crippen LogP contribution in [0.25, 0.3) is 0 Å². The number of carbonyl (C=O) groups excluding carboxylic acids is 1. The number of rotatable bonds is 2. The van der Waals surface area contributed by atoms with Gasteiger partial charge in [-0.25, -0.2) is 4.98 Å². The maximum Gasteiger partial charge on any atom is 0.258 e.